The number of carbonyl (C=O) groups is 1. The number of ketones is 1. The molecule has 1 nitrogen and oxygen atoms in total. The molecule has 0 spiro atoms. The highest BCUT2D eigenvalue weighted by Crippen LogP contribution is 2.25. The van der Waals surface area contributed by atoms with Gasteiger partial charge < -0.3 is 0 Å². The van der Waals surface area contributed by atoms with E-state index in [1.165, 1.54) is 0 Å². The quantitative estimate of drug-likeness (QED) is 0.659. The van der Waals surface area contributed by atoms with Gasteiger partial charge in [-0.15, -0.1) is 11.3 Å². The van der Waals surface area contributed by atoms with E-state index in [9.17, 15) is 4.79 Å². The lowest BCUT2D eigenvalue weighted by Gasteiger charge is -2.16. The number of aryl methyl sites for hydroxylation is 1. The summed E-state index contributed by atoms with van der Waals surface area (Å²) in [6, 6.07) is 2.00. The van der Waals surface area contributed by atoms with Crippen LogP contribution in [-0.4, -0.2) is 5.78 Å². The Bertz CT molecular complexity index is 304. The maximum Gasteiger partial charge on any atom is 0.173 e. The summed E-state index contributed by atoms with van der Waals surface area (Å²) < 4.78 is 0. The van der Waals surface area contributed by atoms with Gasteiger partial charge in [0.2, 0.25) is 0 Å². The second-order valence-electron chi connectivity index (χ2n) is 4.59. The molecule has 0 aromatic carbocycles. The van der Waals surface area contributed by atoms with E-state index in [2.05, 4.69) is 20.8 Å². The molecule has 0 bridgehead atoms. The number of Topliss-reactive ketones (excluding diaryl/α,β-unsaturated/α-hetero) is 1. The van der Waals surface area contributed by atoms with Crippen LogP contribution in [0.15, 0.2) is 11.4 Å². The minimum atomic E-state index is 0.0908. The third-order valence-corrected chi connectivity index (χ3v) is 2.86. The van der Waals surface area contributed by atoms with Crippen molar-refractivity contribution in [2.75, 3.05) is 0 Å². The van der Waals surface area contributed by atoms with E-state index in [1.807, 2.05) is 18.4 Å². The molecule has 0 amide bonds. The van der Waals surface area contributed by atoms with Gasteiger partial charge in [0.25, 0.3) is 0 Å². The summed E-state index contributed by atoms with van der Waals surface area (Å²) in [4.78, 5) is 12.7. The van der Waals surface area contributed by atoms with E-state index in [0.29, 0.717) is 6.42 Å². The second-order valence-corrected chi connectivity index (χ2v) is 5.51. The van der Waals surface area contributed by atoms with Gasteiger partial charge in [-0.3, -0.25) is 4.79 Å². The van der Waals surface area contributed by atoms with Crippen molar-refractivity contribution in [2.45, 2.75) is 34.1 Å². The zero-order valence-electron chi connectivity index (χ0n) is 8.68. The van der Waals surface area contributed by atoms with Crippen LogP contribution in [0.25, 0.3) is 0 Å². The molecule has 0 aliphatic heterocycles. The van der Waals surface area contributed by atoms with E-state index < -0.39 is 0 Å². The Labute approximate surface area is 83.8 Å². The first kappa shape index (κ1) is 10.5. The molecule has 13 heavy (non-hydrogen) atoms. The maximum absolute atomic E-state index is 11.8. The van der Waals surface area contributed by atoms with Gasteiger partial charge in [0.05, 0.1) is 4.88 Å². The van der Waals surface area contributed by atoms with Gasteiger partial charge in [0, 0.05) is 6.42 Å². The van der Waals surface area contributed by atoms with Gasteiger partial charge in [0.1, 0.15) is 0 Å². The highest BCUT2D eigenvalue weighted by atomic mass is 32.1. The molecule has 1 rings (SSSR count). The van der Waals surface area contributed by atoms with Crippen LogP contribution in [0.1, 0.15) is 42.4 Å². The number of carbonyl (C=O) groups excluding carboxylic acids is 1. The van der Waals surface area contributed by atoms with E-state index >= 15 is 0 Å². The van der Waals surface area contributed by atoms with Crippen molar-refractivity contribution in [3.63, 3.8) is 0 Å². The topological polar surface area (TPSA) is 17.1 Å². The summed E-state index contributed by atoms with van der Waals surface area (Å²) in [5, 5.41) is 1.98. The van der Waals surface area contributed by atoms with Crippen molar-refractivity contribution in [1.82, 2.24) is 0 Å². The lowest BCUT2D eigenvalue weighted by Crippen LogP contribution is -2.12. The van der Waals surface area contributed by atoms with Gasteiger partial charge in [-0.1, -0.05) is 20.8 Å². The number of hydrogen-bond donors (Lipinski definition) is 0. The third-order valence-electron chi connectivity index (χ3n) is 1.81. The summed E-state index contributed by atoms with van der Waals surface area (Å²) >= 11 is 1.55. The zero-order chi connectivity index (χ0) is 10.1. The molecule has 0 aliphatic rings. The van der Waals surface area contributed by atoms with Gasteiger partial charge >= 0.3 is 0 Å². The molecule has 0 radical (unpaired) electrons. The minimum Gasteiger partial charge on any atom is -0.293 e. The molecule has 0 aliphatic carbocycles. The first-order chi connectivity index (χ1) is 5.90. The standard InChI is InChI=1S/C11H16OS/c1-8-5-6-13-10(8)9(12)7-11(2,3)4/h5-6H,7H2,1-4H3. The number of rotatable bonds is 2. The summed E-state index contributed by atoms with van der Waals surface area (Å²) in [6.45, 7) is 8.27. The monoisotopic (exact) mass is 196 g/mol. The fraction of sp³-hybridized carbons (Fsp3) is 0.545. The fourth-order valence-electron chi connectivity index (χ4n) is 1.22. The predicted octanol–water partition coefficient (Wildman–Crippen LogP) is 3.68. The summed E-state index contributed by atoms with van der Waals surface area (Å²) in [5.41, 5.74) is 1.20. The Kier molecular flexibility index (Phi) is 2.91. The Morgan fingerprint density at radius 2 is 2.08 bits per heavy atom. The highest BCUT2D eigenvalue weighted by molar-refractivity contribution is 7.12. The Morgan fingerprint density at radius 1 is 1.46 bits per heavy atom. The molecule has 1 aromatic heterocycles. The van der Waals surface area contributed by atoms with Crippen LogP contribution in [0.5, 0.6) is 0 Å². The Balaban J connectivity index is 2.76. The van der Waals surface area contributed by atoms with Crippen molar-refractivity contribution in [1.29, 1.82) is 0 Å². The van der Waals surface area contributed by atoms with Crippen LogP contribution < -0.4 is 0 Å². The summed E-state index contributed by atoms with van der Waals surface area (Å²) in [7, 11) is 0. The highest BCUT2D eigenvalue weighted by Gasteiger charge is 2.19. The molecule has 2 heteroatoms. The van der Waals surface area contributed by atoms with Crippen LogP contribution in [0, 0.1) is 12.3 Å². The molecule has 0 atom stereocenters. The van der Waals surface area contributed by atoms with Crippen LogP contribution in [0.4, 0.5) is 0 Å². The first-order valence-electron chi connectivity index (χ1n) is 4.47. The van der Waals surface area contributed by atoms with Gasteiger partial charge in [-0.05, 0) is 29.3 Å². The summed E-state index contributed by atoms with van der Waals surface area (Å²) in [6.07, 6.45) is 0.633. The van der Waals surface area contributed by atoms with Gasteiger partial charge in [-0.2, -0.15) is 0 Å². The molecule has 1 aromatic rings. The van der Waals surface area contributed by atoms with Crippen molar-refractivity contribution in [3.05, 3.63) is 21.9 Å². The Morgan fingerprint density at radius 3 is 2.46 bits per heavy atom. The average Bonchev–Trinajstić information content (AvgIpc) is 2.30. The smallest absolute Gasteiger partial charge is 0.173 e. The van der Waals surface area contributed by atoms with Gasteiger partial charge in [-0.25, -0.2) is 0 Å². The van der Waals surface area contributed by atoms with Crippen LogP contribution >= 0.6 is 11.3 Å². The maximum atomic E-state index is 11.8. The predicted molar refractivity (Wildman–Crippen MR) is 57.5 cm³/mol. The molecule has 1 heterocycles. The molecule has 0 N–H and O–H groups in total. The number of thiophene rings is 1. The molecular weight excluding hydrogens is 180 g/mol. The largest absolute Gasteiger partial charge is 0.293 e. The lowest BCUT2D eigenvalue weighted by molar-refractivity contribution is 0.0943. The van der Waals surface area contributed by atoms with Crippen molar-refractivity contribution in [2.24, 2.45) is 5.41 Å². The van der Waals surface area contributed by atoms with Crippen molar-refractivity contribution < 1.29 is 4.79 Å². The van der Waals surface area contributed by atoms with E-state index in [4.69, 9.17) is 0 Å². The number of hydrogen-bond acceptors (Lipinski definition) is 2. The zero-order valence-corrected chi connectivity index (χ0v) is 9.49. The normalized spacial score (nSPS) is 11.7. The van der Waals surface area contributed by atoms with E-state index in [-0.39, 0.29) is 11.2 Å². The molecule has 72 valence electrons. The molecule has 0 saturated carbocycles. The van der Waals surface area contributed by atoms with Crippen LogP contribution in [0.2, 0.25) is 0 Å². The molecule has 0 unspecified atom stereocenters. The SMILES string of the molecule is Cc1ccsc1C(=O)CC(C)(C)C. The Hall–Kier alpha value is -0.630. The molecule has 0 saturated heterocycles. The molecule has 0 fully saturated rings. The fourth-order valence-corrected chi connectivity index (χ4v) is 2.09. The second kappa shape index (κ2) is 3.62. The van der Waals surface area contributed by atoms with Crippen molar-refractivity contribution in [3.8, 4) is 0 Å². The van der Waals surface area contributed by atoms with Crippen LogP contribution in [-0.2, 0) is 0 Å². The van der Waals surface area contributed by atoms with Gasteiger partial charge in [0.15, 0.2) is 5.78 Å². The minimum absolute atomic E-state index is 0.0908. The summed E-state index contributed by atoms with van der Waals surface area (Å²) in [5.74, 6) is 0.278. The van der Waals surface area contributed by atoms with E-state index in [1.54, 1.807) is 11.3 Å². The first-order valence-corrected chi connectivity index (χ1v) is 5.35. The molecular formula is C11H16OS. The van der Waals surface area contributed by atoms with E-state index in [0.717, 1.165) is 10.4 Å². The average molecular weight is 196 g/mol. The lowest BCUT2D eigenvalue weighted by atomic mass is 9.89. The van der Waals surface area contributed by atoms with Crippen LogP contribution in [0.3, 0.4) is 0 Å². The third kappa shape index (κ3) is 2.96. The van der Waals surface area contributed by atoms with Crippen molar-refractivity contribution >= 4 is 17.1 Å².